The molecule has 0 saturated heterocycles. The van der Waals surface area contributed by atoms with E-state index in [0.29, 0.717) is 0 Å². The minimum absolute atomic E-state index is 0.0631. The maximum Gasteiger partial charge on any atom is 0.328 e. The van der Waals surface area contributed by atoms with Crippen LogP contribution in [-0.4, -0.2) is 48.3 Å². The van der Waals surface area contributed by atoms with Gasteiger partial charge in [-0.1, -0.05) is 13.0 Å². The molecular weight excluding hydrogens is 388 g/mol. The summed E-state index contributed by atoms with van der Waals surface area (Å²) in [4.78, 5) is 28.7. The molecule has 2 rings (SSSR count). The van der Waals surface area contributed by atoms with Crippen LogP contribution in [-0.2, 0) is 9.53 Å². The van der Waals surface area contributed by atoms with Gasteiger partial charge in [-0.3, -0.25) is 4.79 Å². The molecule has 0 fully saturated rings. The van der Waals surface area contributed by atoms with Crippen molar-refractivity contribution >= 4 is 11.9 Å². The molecule has 0 saturated carbocycles. The third kappa shape index (κ3) is 5.20. The smallest absolute Gasteiger partial charge is 0.328 e. The van der Waals surface area contributed by atoms with Crippen molar-refractivity contribution in [1.82, 2.24) is 10.3 Å². The number of aromatic hydroxyl groups is 1. The number of ether oxygens (including phenoxy) is 3. The zero-order chi connectivity index (χ0) is 22.4. The minimum Gasteiger partial charge on any atom is -0.503 e. The molecule has 0 aliphatic rings. The van der Waals surface area contributed by atoms with Gasteiger partial charge in [0.05, 0.1) is 14.2 Å². The maximum absolute atomic E-state index is 12.5. The number of carbonyl (C=O) groups excluding carboxylic acids is 2. The number of aryl methyl sites for hydroxylation is 1. The second kappa shape index (κ2) is 9.96. The maximum atomic E-state index is 12.5. The van der Waals surface area contributed by atoms with Crippen LogP contribution in [0, 0.1) is 6.92 Å². The molecule has 3 unspecified atom stereocenters. The van der Waals surface area contributed by atoms with Gasteiger partial charge in [-0.05, 0) is 44.0 Å². The molecule has 30 heavy (non-hydrogen) atoms. The molecule has 1 aromatic carbocycles. The molecule has 3 atom stereocenters. The molecule has 1 heterocycles. The van der Waals surface area contributed by atoms with E-state index in [9.17, 15) is 14.7 Å². The number of pyridine rings is 1. The van der Waals surface area contributed by atoms with Gasteiger partial charge in [0.1, 0.15) is 17.9 Å². The van der Waals surface area contributed by atoms with Gasteiger partial charge in [0.2, 0.25) is 0 Å². The standard InChI is InChI=1S/C22H28N2O6/c1-12-11-16(28-5)7-8-17(12)13(2)15(4)30-22(27)14(3)24-21(26)19-20(25)18(29-6)9-10-23-19/h7-11,13-15,25H,1-6H3,(H,24,26). The molecule has 2 N–H and O–H groups in total. The van der Waals surface area contributed by atoms with Crippen molar-refractivity contribution in [2.45, 2.75) is 45.8 Å². The number of aromatic nitrogens is 1. The van der Waals surface area contributed by atoms with E-state index >= 15 is 0 Å². The molecule has 8 heteroatoms. The Morgan fingerprint density at radius 3 is 2.40 bits per heavy atom. The predicted octanol–water partition coefficient (Wildman–Crippen LogP) is 2.97. The number of nitrogens with zero attached hydrogens (tertiary/aromatic N) is 1. The summed E-state index contributed by atoms with van der Waals surface area (Å²) in [5, 5.41) is 12.5. The van der Waals surface area contributed by atoms with Gasteiger partial charge in [-0.25, -0.2) is 9.78 Å². The highest BCUT2D eigenvalue weighted by molar-refractivity contribution is 5.97. The highest BCUT2D eigenvalue weighted by Gasteiger charge is 2.26. The lowest BCUT2D eigenvalue weighted by Crippen LogP contribution is -2.41. The van der Waals surface area contributed by atoms with Gasteiger partial charge < -0.3 is 24.6 Å². The van der Waals surface area contributed by atoms with E-state index in [1.807, 2.05) is 32.0 Å². The summed E-state index contributed by atoms with van der Waals surface area (Å²) in [7, 11) is 2.97. The van der Waals surface area contributed by atoms with Crippen molar-refractivity contribution in [2.24, 2.45) is 0 Å². The summed E-state index contributed by atoms with van der Waals surface area (Å²) >= 11 is 0. The average Bonchev–Trinajstić information content (AvgIpc) is 2.72. The molecular formula is C22H28N2O6. The second-order valence-corrected chi connectivity index (χ2v) is 7.06. The van der Waals surface area contributed by atoms with Crippen molar-refractivity contribution in [3.8, 4) is 17.2 Å². The van der Waals surface area contributed by atoms with Crippen molar-refractivity contribution < 1.29 is 28.9 Å². The Morgan fingerprint density at radius 2 is 1.80 bits per heavy atom. The van der Waals surface area contributed by atoms with Crippen LogP contribution in [0.15, 0.2) is 30.5 Å². The van der Waals surface area contributed by atoms with Crippen molar-refractivity contribution in [1.29, 1.82) is 0 Å². The number of amides is 1. The fourth-order valence-corrected chi connectivity index (χ4v) is 3.02. The topological polar surface area (TPSA) is 107 Å². The first-order valence-corrected chi connectivity index (χ1v) is 9.57. The SMILES string of the molecule is COc1ccc(C(C)C(C)OC(=O)C(C)NC(=O)c2nccc(OC)c2O)c(C)c1. The fraction of sp³-hybridized carbons (Fsp3) is 0.409. The first kappa shape index (κ1) is 23.0. The predicted molar refractivity (Wildman–Crippen MR) is 111 cm³/mol. The third-order valence-electron chi connectivity index (χ3n) is 5.00. The molecule has 0 aliphatic heterocycles. The quantitative estimate of drug-likeness (QED) is 0.637. The molecule has 1 aromatic heterocycles. The number of benzene rings is 1. The first-order chi connectivity index (χ1) is 14.2. The van der Waals surface area contributed by atoms with Crippen LogP contribution in [0.2, 0.25) is 0 Å². The van der Waals surface area contributed by atoms with Crippen LogP contribution in [0.4, 0.5) is 0 Å². The molecule has 0 aliphatic carbocycles. The van der Waals surface area contributed by atoms with Gasteiger partial charge in [-0.2, -0.15) is 0 Å². The Bertz CT molecular complexity index is 914. The van der Waals surface area contributed by atoms with E-state index in [4.69, 9.17) is 14.2 Å². The Kier molecular flexibility index (Phi) is 7.63. The summed E-state index contributed by atoms with van der Waals surface area (Å²) in [5.41, 5.74) is 1.84. The van der Waals surface area contributed by atoms with Crippen molar-refractivity contribution in [3.63, 3.8) is 0 Å². The van der Waals surface area contributed by atoms with E-state index in [1.165, 1.54) is 26.3 Å². The van der Waals surface area contributed by atoms with Crippen LogP contribution in [0.25, 0.3) is 0 Å². The highest BCUT2D eigenvalue weighted by Crippen LogP contribution is 2.28. The van der Waals surface area contributed by atoms with Crippen LogP contribution in [0.3, 0.4) is 0 Å². The van der Waals surface area contributed by atoms with E-state index in [1.54, 1.807) is 14.0 Å². The largest absolute Gasteiger partial charge is 0.503 e. The van der Waals surface area contributed by atoms with Gasteiger partial charge in [-0.15, -0.1) is 0 Å². The van der Waals surface area contributed by atoms with Crippen LogP contribution < -0.4 is 14.8 Å². The minimum atomic E-state index is -0.934. The lowest BCUT2D eigenvalue weighted by molar-refractivity contribution is -0.151. The van der Waals surface area contributed by atoms with Crippen molar-refractivity contribution in [3.05, 3.63) is 47.3 Å². The second-order valence-electron chi connectivity index (χ2n) is 7.06. The number of methoxy groups -OCH3 is 2. The van der Waals surface area contributed by atoms with Crippen LogP contribution in [0.1, 0.15) is 48.3 Å². The number of carbonyl (C=O) groups is 2. The third-order valence-corrected chi connectivity index (χ3v) is 5.00. The molecule has 162 valence electrons. The zero-order valence-corrected chi connectivity index (χ0v) is 18.1. The fourth-order valence-electron chi connectivity index (χ4n) is 3.02. The number of rotatable bonds is 8. The summed E-state index contributed by atoms with van der Waals surface area (Å²) in [6.45, 7) is 7.25. The molecule has 0 radical (unpaired) electrons. The summed E-state index contributed by atoms with van der Waals surface area (Å²) in [6.07, 6.45) is 0.907. The summed E-state index contributed by atoms with van der Waals surface area (Å²) < 4.78 is 15.7. The van der Waals surface area contributed by atoms with E-state index in [0.717, 1.165) is 16.9 Å². The summed E-state index contributed by atoms with van der Waals surface area (Å²) in [5.74, 6) is -0.873. The van der Waals surface area contributed by atoms with Gasteiger partial charge >= 0.3 is 5.97 Å². The Morgan fingerprint density at radius 1 is 1.10 bits per heavy atom. The van der Waals surface area contributed by atoms with E-state index in [-0.39, 0.29) is 17.4 Å². The normalized spacial score (nSPS) is 13.7. The zero-order valence-electron chi connectivity index (χ0n) is 18.1. The summed E-state index contributed by atoms with van der Waals surface area (Å²) in [6, 6.07) is 6.23. The molecule has 2 aromatic rings. The van der Waals surface area contributed by atoms with E-state index < -0.39 is 29.8 Å². The Hall–Kier alpha value is -3.29. The molecule has 8 nitrogen and oxygen atoms in total. The van der Waals surface area contributed by atoms with E-state index in [2.05, 4.69) is 10.3 Å². The van der Waals surface area contributed by atoms with Gasteiger partial charge in [0.15, 0.2) is 17.2 Å². The first-order valence-electron chi connectivity index (χ1n) is 9.57. The molecule has 0 spiro atoms. The average molecular weight is 416 g/mol. The molecule has 1 amide bonds. The lowest BCUT2D eigenvalue weighted by atomic mass is 9.92. The van der Waals surface area contributed by atoms with Gasteiger partial charge in [0.25, 0.3) is 5.91 Å². The Balaban J connectivity index is 2.02. The highest BCUT2D eigenvalue weighted by atomic mass is 16.5. The Labute approximate surface area is 176 Å². The number of hydrogen-bond donors (Lipinski definition) is 2. The number of hydrogen-bond acceptors (Lipinski definition) is 7. The lowest BCUT2D eigenvalue weighted by Gasteiger charge is -2.24. The van der Waals surface area contributed by atoms with Crippen molar-refractivity contribution in [2.75, 3.05) is 14.2 Å². The number of esters is 1. The van der Waals surface area contributed by atoms with Crippen LogP contribution in [0.5, 0.6) is 17.2 Å². The monoisotopic (exact) mass is 416 g/mol. The van der Waals surface area contributed by atoms with Gasteiger partial charge in [0, 0.05) is 18.2 Å². The molecule has 0 bridgehead atoms. The number of nitrogens with one attached hydrogen (secondary N) is 1. The van der Waals surface area contributed by atoms with Crippen LogP contribution >= 0.6 is 0 Å².